The molecule has 1 fully saturated rings. The lowest BCUT2D eigenvalue weighted by Gasteiger charge is -2.23. The zero-order chi connectivity index (χ0) is 12.1. The fourth-order valence-electron chi connectivity index (χ4n) is 2.21. The molecule has 0 spiro atoms. The lowest BCUT2D eigenvalue weighted by atomic mass is 10.0. The van der Waals surface area contributed by atoms with E-state index in [9.17, 15) is 0 Å². The molecule has 1 saturated heterocycles. The molecular weight excluding hydrogens is 212 g/mol. The first-order valence-electron chi connectivity index (χ1n) is 6.12. The van der Waals surface area contributed by atoms with Crippen LogP contribution in [0.1, 0.15) is 24.0 Å². The molecule has 0 aromatic heterocycles. The summed E-state index contributed by atoms with van der Waals surface area (Å²) in [5.74, 6) is 0.565. The Balaban J connectivity index is 2.00. The van der Waals surface area contributed by atoms with E-state index in [1.807, 2.05) is 25.1 Å². The molecule has 0 radical (unpaired) electrons. The average molecular weight is 230 g/mol. The topological polar surface area (TPSA) is 45.0 Å². The number of benzene rings is 1. The summed E-state index contributed by atoms with van der Waals surface area (Å²) in [5, 5.41) is 12.5. The second-order valence-electron chi connectivity index (χ2n) is 4.57. The molecule has 1 unspecified atom stereocenters. The van der Waals surface area contributed by atoms with Crippen molar-refractivity contribution in [3.05, 3.63) is 29.3 Å². The smallest absolute Gasteiger partial charge is 0.101 e. The van der Waals surface area contributed by atoms with Crippen molar-refractivity contribution in [1.82, 2.24) is 0 Å². The molecule has 1 aliphatic heterocycles. The molecule has 1 atom stereocenters. The lowest BCUT2D eigenvalue weighted by Crippen LogP contribution is -2.24. The van der Waals surface area contributed by atoms with Crippen molar-refractivity contribution in [2.75, 3.05) is 25.1 Å². The fourth-order valence-corrected chi connectivity index (χ4v) is 2.21. The number of rotatable bonds is 3. The molecule has 2 rings (SSSR count). The van der Waals surface area contributed by atoms with Gasteiger partial charge in [-0.05, 0) is 37.3 Å². The molecule has 3 nitrogen and oxygen atoms in total. The normalized spacial score (nSPS) is 19.6. The van der Waals surface area contributed by atoms with E-state index < -0.39 is 0 Å². The number of aryl methyl sites for hydroxylation is 1. The largest absolute Gasteiger partial charge is 0.383 e. The van der Waals surface area contributed by atoms with Gasteiger partial charge in [0.25, 0.3) is 0 Å². The maximum Gasteiger partial charge on any atom is 0.101 e. The van der Waals surface area contributed by atoms with Gasteiger partial charge in [-0.2, -0.15) is 5.26 Å². The molecular formula is C14H18N2O. The van der Waals surface area contributed by atoms with Gasteiger partial charge in [0.05, 0.1) is 17.9 Å². The third kappa shape index (κ3) is 2.98. The van der Waals surface area contributed by atoms with Crippen LogP contribution < -0.4 is 5.32 Å². The Bertz CT molecular complexity index is 417. The Morgan fingerprint density at radius 2 is 2.41 bits per heavy atom. The van der Waals surface area contributed by atoms with Gasteiger partial charge in [0.2, 0.25) is 0 Å². The highest BCUT2D eigenvalue weighted by atomic mass is 16.5. The summed E-state index contributed by atoms with van der Waals surface area (Å²) in [7, 11) is 0. The van der Waals surface area contributed by atoms with E-state index in [0.717, 1.165) is 43.0 Å². The number of nitriles is 1. The van der Waals surface area contributed by atoms with Crippen molar-refractivity contribution in [1.29, 1.82) is 5.26 Å². The van der Waals surface area contributed by atoms with Gasteiger partial charge in [-0.3, -0.25) is 0 Å². The highest BCUT2D eigenvalue weighted by Crippen LogP contribution is 2.21. The van der Waals surface area contributed by atoms with Gasteiger partial charge < -0.3 is 10.1 Å². The van der Waals surface area contributed by atoms with Crippen molar-refractivity contribution in [3.8, 4) is 6.07 Å². The molecule has 1 heterocycles. The van der Waals surface area contributed by atoms with Crippen molar-refractivity contribution < 1.29 is 4.74 Å². The Morgan fingerprint density at radius 3 is 3.12 bits per heavy atom. The second kappa shape index (κ2) is 5.70. The summed E-state index contributed by atoms with van der Waals surface area (Å²) < 4.78 is 5.45. The van der Waals surface area contributed by atoms with E-state index in [0.29, 0.717) is 5.92 Å². The predicted octanol–water partition coefficient (Wildman–Crippen LogP) is 2.71. The molecule has 3 heteroatoms. The Morgan fingerprint density at radius 1 is 1.53 bits per heavy atom. The summed E-state index contributed by atoms with van der Waals surface area (Å²) >= 11 is 0. The van der Waals surface area contributed by atoms with Crippen molar-refractivity contribution >= 4 is 5.69 Å². The van der Waals surface area contributed by atoms with Gasteiger partial charge in [0, 0.05) is 13.2 Å². The monoisotopic (exact) mass is 230 g/mol. The quantitative estimate of drug-likeness (QED) is 0.868. The molecule has 1 aliphatic rings. The van der Waals surface area contributed by atoms with Crippen LogP contribution in [0.15, 0.2) is 18.2 Å². The van der Waals surface area contributed by atoms with Crippen LogP contribution in [-0.2, 0) is 4.74 Å². The van der Waals surface area contributed by atoms with E-state index >= 15 is 0 Å². The number of ether oxygens (including phenoxy) is 1. The van der Waals surface area contributed by atoms with Gasteiger partial charge in [-0.25, -0.2) is 0 Å². The van der Waals surface area contributed by atoms with Crippen LogP contribution in [0.4, 0.5) is 5.69 Å². The lowest BCUT2D eigenvalue weighted by molar-refractivity contribution is 0.0595. The third-order valence-corrected chi connectivity index (χ3v) is 3.22. The maximum absolute atomic E-state index is 9.07. The maximum atomic E-state index is 9.07. The van der Waals surface area contributed by atoms with Gasteiger partial charge in [-0.15, -0.1) is 0 Å². The number of hydrogen-bond acceptors (Lipinski definition) is 3. The minimum Gasteiger partial charge on any atom is -0.383 e. The van der Waals surface area contributed by atoms with Crippen LogP contribution in [0.2, 0.25) is 0 Å². The number of hydrogen-bond donors (Lipinski definition) is 1. The molecule has 1 aromatic carbocycles. The molecule has 17 heavy (non-hydrogen) atoms. The fraction of sp³-hybridized carbons (Fsp3) is 0.500. The summed E-state index contributed by atoms with van der Waals surface area (Å²) in [6.45, 7) is 4.64. The number of nitrogens with one attached hydrogen (secondary N) is 1. The zero-order valence-corrected chi connectivity index (χ0v) is 10.2. The molecule has 0 saturated carbocycles. The molecule has 1 aromatic rings. The SMILES string of the molecule is Cc1cccc(C#N)c1NCC1CCCOC1. The van der Waals surface area contributed by atoms with Gasteiger partial charge >= 0.3 is 0 Å². The van der Waals surface area contributed by atoms with E-state index in [-0.39, 0.29) is 0 Å². The number of anilines is 1. The van der Waals surface area contributed by atoms with Gasteiger partial charge in [0.1, 0.15) is 6.07 Å². The van der Waals surface area contributed by atoms with E-state index in [1.165, 1.54) is 6.42 Å². The highest BCUT2D eigenvalue weighted by molar-refractivity contribution is 5.62. The highest BCUT2D eigenvalue weighted by Gasteiger charge is 2.14. The first-order valence-corrected chi connectivity index (χ1v) is 6.12. The second-order valence-corrected chi connectivity index (χ2v) is 4.57. The minimum atomic E-state index is 0.565. The average Bonchev–Trinajstić information content (AvgIpc) is 2.38. The first-order chi connectivity index (χ1) is 8.31. The van der Waals surface area contributed by atoms with E-state index in [1.54, 1.807) is 0 Å². The van der Waals surface area contributed by atoms with Crippen molar-refractivity contribution in [3.63, 3.8) is 0 Å². The summed E-state index contributed by atoms with van der Waals surface area (Å²) in [6.07, 6.45) is 2.35. The van der Waals surface area contributed by atoms with Crippen LogP contribution in [0.25, 0.3) is 0 Å². The standard InChI is InChI=1S/C14H18N2O/c1-11-4-2-6-13(8-15)14(11)16-9-12-5-3-7-17-10-12/h2,4,6,12,16H,3,5,7,9-10H2,1H3. The van der Waals surface area contributed by atoms with Crippen LogP contribution >= 0.6 is 0 Å². The van der Waals surface area contributed by atoms with Gasteiger partial charge in [0.15, 0.2) is 0 Å². The summed E-state index contributed by atoms with van der Waals surface area (Å²) in [4.78, 5) is 0. The molecule has 0 bridgehead atoms. The predicted molar refractivity (Wildman–Crippen MR) is 67.9 cm³/mol. The van der Waals surface area contributed by atoms with Gasteiger partial charge in [-0.1, -0.05) is 12.1 Å². The first kappa shape index (κ1) is 11.9. The Hall–Kier alpha value is -1.53. The van der Waals surface area contributed by atoms with E-state index in [2.05, 4.69) is 11.4 Å². The number of nitrogens with zero attached hydrogens (tertiary/aromatic N) is 1. The molecule has 90 valence electrons. The molecule has 1 N–H and O–H groups in total. The van der Waals surface area contributed by atoms with Crippen LogP contribution in [0.5, 0.6) is 0 Å². The van der Waals surface area contributed by atoms with Crippen molar-refractivity contribution in [2.45, 2.75) is 19.8 Å². The Labute approximate surface area is 102 Å². The van der Waals surface area contributed by atoms with Crippen LogP contribution in [0.3, 0.4) is 0 Å². The van der Waals surface area contributed by atoms with Crippen LogP contribution in [0, 0.1) is 24.2 Å². The van der Waals surface area contributed by atoms with Crippen LogP contribution in [-0.4, -0.2) is 19.8 Å². The summed E-state index contributed by atoms with van der Waals surface area (Å²) in [6, 6.07) is 8.03. The van der Waals surface area contributed by atoms with Crippen molar-refractivity contribution in [2.24, 2.45) is 5.92 Å². The minimum absolute atomic E-state index is 0.565. The number of para-hydroxylation sites is 1. The Kier molecular flexibility index (Phi) is 4.00. The molecule has 0 amide bonds. The third-order valence-electron chi connectivity index (χ3n) is 3.22. The summed E-state index contributed by atoms with van der Waals surface area (Å²) in [5.41, 5.74) is 2.82. The zero-order valence-electron chi connectivity index (χ0n) is 10.2. The molecule has 0 aliphatic carbocycles. The van der Waals surface area contributed by atoms with E-state index in [4.69, 9.17) is 10.00 Å².